The van der Waals surface area contributed by atoms with Crippen molar-refractivity contribution >= 4 is 27.5 Å². The Bertz CT molecular complexity index is 1300. The monoisotopic (exact) mass is 389 g/mol. The summed E-state index contributed by atoms with van der Waals surface area (Å²) < 4.78 is 6.80. The fourth-order valence-electron chi connectivity index (χ4n) is 3.23. The molecule has 7 heteroatoms. The molecule has 0 fully saturated rings. The lowest BCUT2D eigenvalue weighted by Crippen LogP contribution is -2.37. The van der Waals surface area contributed by atoms with Crippen LogP contribution in [0.25, 0.3) is 21.5 Å². The summed E-state index contributed by atoms with van der Waals surface area (Å²) in [7, 11) is 0. The SMILES string of the molecule is O=C(Cn1[nH]c(=O)c2ccccc2c1=O)NCCOc1cccc2ccccc12. The van der Waals surface area contributed by atoms with Crippen molar-refractivity contribution in [3.63, 3.8) is 0 Å². The summed E-state index contributed by atoms with van der Waals surface area (Å²) >= 11 is 0. The third-order valence-electron chi connectivity index (χ3n) is 4.62. The molecule has 0 bridgehead atoms. The van der Waals surface area contributed by atoms with Crippen molar-refractivity contribution in [1.82, 2.24) is 15.1 Å². The van der Waals surface area contributed by atoms with E-state index in [1.165, 1.54) is 0 Å². The number of aromatic nitrogens is 2. The third-order valence-corrected chi connectivity index (χ3v) is 4.62. The van der Waals surface area contributed by atoms with Gasteiger partial charge in [0, 0.05) is 5.39 Å². The summed E-state index contributed by atoms with van der Waals surface area (Å²) in [6, 6.07) is 20.2. The fourth-order valence-corrected chi connectivity index (χ4v) is 3.23. The molecule has 1 heterocycles. The van der Waals surface area contributed by atoms with E-state index in [-0.39, 0.29) is 31.0 Å². The molecule has 7 nitrogen and oxygen atoms in total. The molecule has 0 aliphatic rings. The van der Waals surface area contributed by atoms with Gasteiger partial charge < -0.3 is 10.1 Å². The van der Waals surface area contributed by atoms with Gasteiger partial charge in [-0.3, -0.25) is 19.5 Å². The quantitative estimate of drug-likeness (QED) is 0.494. The minimum Gasteiger partial charge on any atom is -0.491 e. The lowest BCUT2D eigenvalue weighted by Gasteiger charge is -2.11. The molecular formula is C22H19N3O4. The van der Waals surface area contributed by atoms with Gasteiger partial charge in [0.1, 0.15) is 18.9 Å². The molecule has 0 radical (unpaired) electrons. The Morgan fingerprint density at radius 3 is 2.41 bits per heavy atom. The number of amides is 1. The van der Waals surface area contributed by atoms with E-state index in [9.17, 15) is 14.4 Å². The van der Waals surface area contributed by atoms with Gasteiger partial charge in [-0.25, -0.2) is 4.68 Å². The Labute approximate surface area is 165 Å². The minimum atomic E-state index is -0.414. The highest BCUT2D eigenvalue weighted by Gasteiger charge is 2.10. The average molecular weight is 389 g/mol. The lowest BCUT2D eigenvalue weighted by molar-refractivity contribution is -0.122. The second-order valence-corrected chi connectivity index (χ2v) is 6.55. The van der Waals surface area contributed by atoms with Crippen molar-refractivity contribution < 1.29 is 9.53 Å². The highest BCUT2D eigenvalue weighted by molar-refractivity contribution is 5.88. The van der Waals surface area contributed by atoms with E-state index >= 15 is 0 Å². The molecule has 4 aromatic rings. The van der Waals surface area contributed by atoms with Crippen LogP contribution in [0.2, 0.25) is 0 Å². The highest BCUT2D eigenvalue weighted by Crippen LogP contribution is 2.24. The molecule has 1 amide bonds. The zero-order valence-electron chi connectivity index (χ0n) is 15.6. The first-order valence-corrected chi connectivity index (χ1v) is 9.22. The average Bonchev–Trinajstić information content (AvgIpc) is 2.75. The summed E-state index contributed by atoms with van der Waals surface area (Å²) in [6.45, 7) is 0.282. The maximum atomic E-state index is 12.4. The first-order valence-electron chi connectivity index (χ1n) is 9.22. The van der Waals surface area contributed by atoms with E-state index in [1.807, 2.05) is 42.5 Å². The van der Waals surface area contributed by atoms with Gasteiger partial charge in [-0.2, -0.15) is 0 Å². The second-order valence-electron chi connectivity index (χ2n) is 6.55. The Kier molecular flexibility index (Phi) is 5.11. The van der Waals surface area contributed by atoms with Crippen molar-refractivity contribution in [3.8, 4) is 5.75 Å². The number of nitrogens with zero attached hydrogens (tertiary/aromatic N) is 1. The zero-order chi connectivity index (χ0) is 20.2. The number of fused-ring (bicyclic) bond motifs is 2. The van der Waals surface area contributed by atoms with Crippen molar-refractivity contribution in [2.45, 2.75) is 6.54 Å². The van der Waals surface area contributed by atoms with E-state index < -0.39 is 11.1 Å². The number of ether oxygens (including phenoxy) is 1. The molecular weight excluding hydrogens is 370 g/mol. The van der Waals surface area contributed by atoms with Gasteiger partial charge in [-0.1, -0.05) is 48.5 Å². The molecule has 0 saturated heterocycles. The Morgan fingerprint density at radius 1 is 0.897 bits per heavy atom. The smallest absolute Gasteiger partial charge is 0.273 e. The summed E-state index contributed by atoms with van der Waals surface area (Å²) in [5.74, 6) is 0.354. The van der Waals surface area contributed by atoms with Crippen molar-refractivity contribution in [1.29, 1.82) is 0 Å². The summed E-state index contributed by atoms with van der Waals surface area (Å²) in [5, 5.41) is 7.80. The van der Waals surface area contributed by atoms with Gasteiger partial charge in [-0.15, -0.1) is 0 Å². The summed E-state index contributed by atoms with van der Waals surface area (Å²) in [6.07, 6.45) is 0. The van der Waals surface area contributed by atoms with Crippen LogP contribution in [0.1, 0.15) is 0 Å². The second kappa shape index (κ2) is 8.02. The maximum Gasteiger partial charge on any atom is 0.273 e. The Hall–Kier alpha value is -3.87. The van der Waals surface area contributed by atoms with E-state index in [2.05, 4.69) is 10.4 Å². The van der Waals surface area contributed by atoms with Gasteiger partial charge in [0.05, 0.1) is 17.3 Å². The molecule has 146 valence electrons. The van der Waals surface area contributed by atoms with Crippen molar-refractivity contribution in [2.24, 2.45) is 0 Å². The molecule has 2 N–H and O–H groups in total. The van der Waals surface area contributed by atoms with Gasteiger partial charge in [0.25, 0.3) is 11.1 Å². The molecule has 0 atom stereocenters. The predicted molar refractivity (Wildman–Crippen MR) is 111 cm³/mol. The predicted octanol–water partition coefficient (Wildman–Crippen LogP) is 2.04. The van der Waals surface area contributed by atoms with E-state index in [4.69, 9.17) is 4.74 Å². The van der Waals surface area contributed by atoms with Gasteiger partial charge in [0.2, 0.25) is 5.91 Å². The van der Waals surface area contributed by atoms with Crippen LogP contribution in [0.5, 0.6) is 5.75 Å². The lowest BCUT2D eigenvalue weighted by atomic mass is 10.1. The van der Waals surface area contributed by atoms with E-state index in [1.54, 1.807) is 24.3 Å². The van der Waals surface area contributed by atoms with Crippen LogP contribution in [-0.4, -0.2) is 28.8 Å². The topological polar surface area (TPSA) is 93.2 Å². The summed E-state index contributed by atoms with van der Waals surface area (Å²) in [4.78, 5) is 36.7. The highest BCUT2D eigenvalue weighted by atomic mass is 16.5. The largest absolute Gasteiger partial charge is 0.491 e. The number of H-pyrrole nitrogens is 1. The molecule has 0 saturated carbocycles. The normalized spacial score (nSPS) is 10.9. The molecule has 4 rings (SSSR count). The Balaban J connectivity index is 1.37. The van der Waals surface area contributed by atoms with Crippen LogP contribution >= 0.6 is 0 Å². The van der Waals surface area contributed by atoms with Crippen LogP contribution in [0.15, 0.2) is 76.3 Å². The van der Waals surface area contributed by atoms with Gasteiger partial charge in [-0.05, 0) is 23.6 Å². The number of nitrogens with one attached hydrogen (secondary N) is 2. The first-order chi connectivity index (χ1) is 14.1. The number of benzene rings is 3. The zero-order valence-corrected chi connectivity index (χ0v) is 15.6. The van der Waals surface area contributed by atoms with Crippen LogP contribution < -0.4 is 21.2 Å². The van der Waals surface area contributed by atoms with Crippen LogP contribution in [0, 0.1) is 0 Å². The number of carbonyl (C=O) groups excluding carboxylic acids is 1. The minimum absolute atomic E-state index is 0.271. The van der Waals surface area contributed by atoms with Crippen molar-refractivity contribution in [3.05, 3.63) is 87.4 Å². The maximum absolute atomic E-state index is 12.4. The Morgan fingerprint density at radius 2 is 1.59 bits per heavy atom. The molecule has 0 spiro atoms. The van der Waals surface area contributed by atoms with E-state index in [0.29, 0.717) is 5.39 Å². The molecule has 3 aromatic carbocycles. The van der Waals surface area contributed by atoms with Gasteiger partial charge in [0.15, 0.2) is 0 Å². The van der Waals surface area contributed by atoms with E-state index in [0.717, 1.165) is 21.2 Å². The molecule has 0 unspecified atom stereocenters. The van der Waals surface area contributed by atoms with Gasteiger partial charge >= 0.3 is 0 Å². The first kappa shape index (κ1) is 18.5. The fraction of sp³-hybridized carbons (Fsp3) is 0.136. The number of rotatable bonds is 6. The number of aromatic amines is 1. The number of hydrogen-bond donors (Lipinski definition) is 2. The molecule has 1 aromatic heterocycles. The molecule has 29 heavy (non-hydrogen) atoms. The van der Waals surface area contributed by atoms with Crippen LogP contribution in [-0.2, 0) is 11.3 Å². The van der Waals surface area contributed by atoms with Crippen LogP contribution in [0.3, 0.4) is 0 Å². The number of carbonyl (C=O) groups is 1. The third kappa shape index (κ3) is 3.89. The standard InChI is InChI=1S/C22H19N3O4/c26-20(14-25-22(28)18-10-4-3-9-17(18)21(27)24-25)23-12-13-29-19-11-5-7-15-6-1-2-8-16(15)19/h1-11H,12-14H2,(H,23,26)(H,24,27). The van der Waals surface area contributed by atoms with Crippen molar-refractivity contribution in [2.75, 3.05) is 13.2 Å². The molecule has 0 aliphatic heterocycles. The molecule has 0 aliphatic carbocycles. The number of hydrogen-bond acceptors (Lipinski definition) is 4. The summed E-state index contributed by atoms with van der Waals surface area (Å²) in [5.41, 5.74) is -0.824. The van der Waals surface area contributed by atoms with Crippen LogP contribution in [0.4, 0.5) is 0 Å².